The lowest BCUT2D eigenvalue weighted by Gasteiger charge is -2.25. The van der Waals surface area contributed by atoms with E-state index in [-0.39, 0.29) is 22.3 Å². The van der Waals surface area contributed by atoms with Gasteiger partial charge in [0.25, 0.3) is 11.7 Å². The van der Waals surface area contributed by atoms with Crippen molar-refractivity contribution in [2.24, 2.45) is 0 Å². The first kappa shape index (κ1) is 21.9. The van der Waals surface area contributed by atoms with Gasteiger partial charge in [-0.25, -0.2) is 4.79 Å². The summed E-state index contributed by atoms with van der Waals surface area (Å²) in [5, 5.41) is 5.11. The first-order valence-corrected chi connectivity index (χ1v) is 10.5. The van der Waals surface area contributed by atoms with E-state index in [4.69, 9.17) is 9.47 Å². The third kappa shape index (κ3) is 4.20. The molecule has 2 aliphatic heterocycles. The molecule has 2 aromatic rings. The Morgan fingerprint density at radius 2 is 1.91 bits per heavy atom. The van der Waals surface area contributed by atoms with E-state index in [0.717, 1.165) is 4.90 Å². The van der Waals surface area contributed by atoms with Crippen LogP contribution < -0.4 is 20.1 Å². The van der Waals surface area contributed by atoms with Crippen molar-refractivity contribution in [2.45, 2.75) is 23.1 Å². The predicted molar refractivity (Wildman–Crippen MR) is 112 cm³/mol. The molecule has 2 aliphatic rings. The fraction of sp³-hybridized carbons (Fsp3) is 0.286. The topological polar surface area (TPSA) is 97.0 Å². The summed E-state index contributed by atoms with van der Waals surface area (Å²) in [5.74, 6) is -2.98. The molecule has 32 heavy (non-hydrogen) atoms. The van der Waals surface area contributed by atoms with Crippen molar-refractivity contribution in [3.63, 3.8) is 0 Å². The third-order valence-corrected chi connectivity index (χ3v) is 5.86. The summed E-state index contributed by atoms with van der Waals surface area (Å²) in [6.07, 6.45) is 0. The van der Waals surface area contributed by atoms with Crippen LogP contribution in [0.25, 0.3) is 0 Å². The molecule has 0 radical (unpaired) electrons. The fourth-order valence-corrected chi connectivity index (χ4v) is 4.09. The van der Waals surface area contributed by atoms with E-state index < -0.39 is 35.7 Å². The van der Waals surface area contributed by atoms with Crippen LogP contribution in [0, 0.1) is 0 Å². The summed E-state index contributed by atoms with van der Waals surface area (Å²) in [5.41, 5.74) is -0.762. The lowest BCUT2D eigenvalue weighted by atomic mass is 9.91. The number of ether oxygens (including phenoxy) is 2. The van der Waals surface area contributed by atoms with E-state index in [1.807, 2.05) is 0 Å². The Kier molecular flexibility index (Phi) is 5.92. The second-order valence-electron chi connectivity index (χ2n) is 7.23. The molecule has 1 unspecified atom stereocenters. The zero-order valence-electron chi connectivity index (χ0n) is 16.9. The fourth-order valence-electron chi connectivity index (χ4n) is 3.49. The van der Waals surface area contributed by atoms with E-state index in [9.17, 15) is 23.2 Å². The standard InChI is InChI=1S/C21H19F2N3O5S/c1-21(12-6-7-14-15(10-12)31-9-8-30-14)18(28)26(20(29)25-21)11-17(27)24-13-4-2-3-5-16(13)32-19(22)23/h2-7,10,19H,8-9,11H2,1H3,(H,24,27)(H,25,29). The van der Waals surface area contributed by atoms with Crippen LogP contribution in [0.4, 0.5) is 19.3 Å². The number of nitrogens with zero attached hydrogens (tertiary/aromatic N) is 1. The summed E-state index contributed by atoms with van der Waals surface area (Å²) in [6.45, 7) is 1.75. The van der Waals surface area contributed by atoms with Crippen molar-refractivity contribution in [3.05, 3.63) is 48.0 Å². The number of hydrogen-bond acceptors (Lipinski definition) is 6. The van der Waals surface area contributed by atoms with E-state index in [0.29, 0.717) is 30.3 Å². The van der Waals surface area contributed by atoms with Gasteiger partial charge in [0.15, 0.2) is 11.5 Å². The van der Waals surface area contributed by atoms with Crippen LogP contribution in [0.3, 0.4) is 0 Å². The molecular formula is C21H19F2N3O5S. The molecule has 1 atom stereocenters. The molecule has 168 valence electrons. The predicted octanol–water partition coefficient (Wildman–Crippen LogP) is 3.18. The van der Waals surface area contributed by atoms with Gasteiger partial charge in [0.2, 0.25) is 5.91 Å². The number of nitrogens with one attached hydrogen (secondary N) is 2. The van der Waals surface area contributed by atoms with Crippen molar-refractivity contribution in [1.82, 2.24) is 10.2 Å². The number of amides is 4. The molecule has 2 aromatic carbocycles. The zero-order chi connectivity index (χ0) is 22.9. The van der Waals surface area contributed by atoms with E-state index >= 15 is 0 Å². The molecule has 0 spiro atoms. The average molecular weight is 463 g/mol. The summed E-state index contributed by atoms with van der Waals surface area (Å²) in [4.78, 5) is 39.1. The number of thioether (sulfide) groups is 1. The van der Waals surface area contributed by atoms with Gasteiger partial charge in [-0.2, -0.15) is 8.78 Å². The Hall–Kier alpha value is -3.34. The Bertz CT molecular complexity index is 1080. The molecule has 2 N–H and O–H groups in total. The number of para-hydroxylation sites is 1. The maximum atomic E-state index is 13.1. The number of benzene rings is 2. The number of carbonyl (C=O) groups is 3. The highest BCUT2D eigenvalue weighted by Crippen LogP contribution is 2.37. The second kappa shape index (κ2) is 8.65. The van der Waals surface area contributed by atoms with Gasteiger partial charge in [-0.05, 0) is 36.8 Å². The molecule has 11 heteroatoms. The molecule has 1 fully saturated rings. The average Bonchev–Trinajstić information content (AvgIpc) is 2.98. The molecule has 0 bridgehead atoms. The van der Waals surface area contributed by atoms with E-state index in [2.05, 4.69) is 10.6 Å². The highest BCUT2D eigenvalue weighted by molar-refractivity contribution is 7.99. The minimum atomic E-state index is -2.66. The molecule has 1 saturated heterocycles. The van der Waals surface area contributed by atoms with Gasteiger partial charge in [-0.3, -0.25) is 14.5 Å². The minimum Gasteiger partial charge on any atom is -0.486 e. The second-order valence-corrected chi connectivity index (χ2v) is 8.26. The van der Waals surface area contributed by atoms with Gasteiger partial charge < -0.3 is 20.1 Å². The molecule has 4 amide bonds. The van der Waals surface area contributed by atoms with Crippen LogP contribution in [0.1, 0.15) is 12.5 Å². The van der Waals surface area contributed by atoms with Crippen LogP contribution in [0.15, 0.2) is 47.4 Å². The van der Waals surface area contributed by atoms with Crippen molar-refractivity contribution >= 4 is 35.3 Å². The summed E-state index contributed by atoms with van der Waals surface area (Å²) >= 11 is 0.289. The summed E-state index contributed by atoms with van der Waals surface area (Å²) in [6, 6.07) is 10.2. The summed E-state index contributed by atoms with van der Waals surface area (Å²) in [7, 11) is 0. The number of carbonyl (C=O) groups excluding carboxylic acids is 3. The van der Waals surface area contributed by atoms with Crippen LogP contribution >= 0.6 is 11.8 Å². The number of imide groups is 1. The van der Waals surface area contributed by atoms with Crippen LogP contribution in [-0.2, 0) is 15.1 Å². The number of rotatable bonds is 6. The number of halogens is 2. The monoisotopic (exact) mass is 463 g/mol. The highest BCUT2D eigenvalue weighted by Gasteiger charge is 2.49. The maximum Gasteiger partial charge on any atom is 0.325 e. The molecule has 4 rings (SSSR count). The van der Waals surface area contributed by atoms with Gasteiger partial charge in [0, 0.05) is 4.90 Å². The van der Waals surface area contributed by atoms with Crippen molar-refractivity contribution in [2.75, 3.05) is 25.1 Å². The van der Waals surface area contributed by atoms with Gasteiger partial charge in [-0.15, -0.1) is 0 Å². The number of fused-ring (bicyclic) bond motifs is 1. The first-order valence-electron chi connectivity index (χ1n) is 9.66. The molecule has 0 aromatic heterocycles. The lowest BCUT2D eigenvalue weighted by molar-refractivity contribution is -0.133. The Balaban J connectivity index is 1.49. The minimum absolute atomic E-state index is 0.171. The van der Waals surface area contributed by atoms with Gasteiger partial charge in [-0.1, -0.05) is 30.0 Å². The number of anilines is 1. The van der Waals surface area contributed by atoms with Crippen LogP contribution in [-0.4, -0.2) is 48.3 Å². The SMILES string of the molecule is CC1(c2ccc3c(c2)OCCO3)NC(=O)N(CC(=O)Nc2ccccc2SC(F)F)C1=O. The molecule has 8 nitrogen and oxygen atoms in total. The van der Waals surface area contributed by atoms with Crippen molar-refractivity contribution < 1.29 is 32.6 Å². The van der Waals surface area contributed by atoms with Crippen LogP contribution in [0.5, 0.6) is 11.5 Å². The molecule has 0 saturated carbocycles. The third-order valence-electron chi connectivity index (χ3n) is 5.07. The maximum absolute atomic E-state index is 13.1. The van der Waals surface area contributed by atoms with Gasteiger partial charge in [0.05, 0.1) is 5.69 Å². The van der Waals surface area contributed by atoms with Crippen molar-refractivity contribution in [1.29, 1.82) is 0 Å². The Labute approximate surface area is 186 Å². The first-order chi connectivity index (χ1) is 15.3. The number of alkyl halides is 2. The molecule has 0 aliphatic carbocycles. The highest BCUT2D eigenvalue weighted by atomic mass is 32.2. The van der Waals surface area contributed by atoms with E-state index in [1.54, 1.807) is 30.3 Å². The van der Waals surface area contributed by atoms with E-state index in [1.165, 1.54) is 19.1 Å². The normalized spacial score (nSPS) is 19.8. The van der Waals surface area contributed by atoms with Crippen LogP contribution in [0.2, 0.25) is 0 Å². The molecule has 2 heterocycles. The quantitative estimate of drug-likeness (QED) is 0.505. The lowest BCUT2D eigenvalue weighted by Crippen LogP contribution is -2.42. The van der Waals surface area contributed by atoms with Gasteiger partial charge in [0.1, 0.15) is 25.3 Å². The summed E-state index contributed by atoms with van der Waals surface area (Å²) < 4.78 is 36.5. The van der Waals surface area contributed by atoms with Gasteiger partial charge >= 0.3 is 6.03 Å². The number of hydrogen-bond donors (Lipinski definition) is 2. The number of urea groups is 1. The largest absolute Gasteiger partial charge is 0.486 e. The Morgan fingerprint density at radius 3 is 2.66 bits per heavy atom. The molecular weight excluding hydrogens is 444 g/mol. The zero-order valence-corrected chi connectivity index (χ0v) is 17.7. The smallest absolute Gasteiger partial charge is 0.325 e. The Morgan fingerprint density at radius 1 is 1.19 bits per heavy atom. The van der Waals surface area contributed by atoms with Crippen molar-refractivity contribution in [3.8, 4) is 11.5 Å².